The van der Waals surface area contributed by atoms with E-state index in [1.54, 1.807) is 6.20 Å². The minimum absolute atomic E-state index is 0.653. The summed E-state index contributed by atoms with van der Waals surface area (Å²) in [5.41, 5.74) is 3.56. The maximum Gasteiger partial charge on any atom is 0.148 e. The standard InChI is InChI=1S/C10H14N6/c1-3-8-9(15-11)13-6-14-10(8)16-5-4-12-7(16)2/h4-6H,3,11H2,1-2H3,(H,13,14,15). The van der Waals surface area contributed by atoms with Crippen molar-refractivity contribution < 1.29 is 0 Å². The van der Waals surface area contributed by atoms with Crippen molar-refractivity contribution in [3.8, 4) is 5.82 Å². The molecular weight excluding hydrogens is 204 g/mol. The summed E-state index contributed by atoms with van der Waals surface area (Å²) in [6, 6.07) is 0. The Morgan fingerprint density at radius 3 is 2.75 bits per heavy atom. The average molecular weight is 218 g/mol. The monoisotopic (exact) mass is 218 g/mol. The highest BCUT2D eigenvalue weighted by molar-refractivity contribution is 5.51. The Hall–Kier alpha value is -1.95. The lowest BCUT2D eigenvalue weighted by molar-refractivity contribution is 0.885. The Morgan fingerprint density at radius 1 is 1.38 bits per heavy atom. The van der Waals surface area contributed by atoms with Crippen LogP contribution >= 0.6 is 0 Å². The van der Waals surface area contributed by atoms with Gasteiger partial charge in [0.05, 0.1) is 0 Å². The van der Waals surface area contributed by atoms with Crippen LogP contribution in [-0.4, -0.2) is 19.5 Å². The van der Waals surface area contributed by atoms with Gasteiger partial charge >= 0.3 is 0 Å². The number of imidazole rings is 1. The average Bonchev–Trinajstić information content (AvgIpc) is 2.74. The molecule has 0 aliphatic carbocycles. The third kappa shape index (κ3) is 1.63. The van der Waals surface area contributed by atoms with Crippen molar-refractivity contribution in [2.45, 2.75) is 20.3 Å². The molecule has 0 atom stereocenters. The van der Waals surface area contributed by atoms with Gasteiger partial charge < -0.3 is 5.43 Å². The molecule has 3 N–H and O–H groups in total. The van der Waals surface area contributed by atoms with Crippen molar-refractivity contribution in [1.82, 2.24) is 19.5 Å². The maximum absolute atomic E-state index is 5.42. The van der Waals surface area contributed by atoms with E-state index in [2.05, 4.69) is 20.4 Å². The van der Waals surface area contributed by atoms with Crippen LogP contribution in [0.3, 0.4) is 0 Å². The van der Waals surface area contributed by atoms with Crippen molar-refractivity contribution in [3.05, 3.63) is 30.1 Å². The number of aromatic nitrogens is 4. The van der Waals surface area contributed by atoms with E-state index < -0.39 is 0 Å². The molecule has 0 fully saturated rings. The topological polar surface area (TPSA) is 81.6 Å². The molecular formula is C10H14N6. The van der Waals surface area contributed by atoms with E-state index in [1.807, 2.05) is 24.6 Å². The zero-order chi connectivity index (χ0) is 11.5. The molecule has 16 heavy (non-hydrogen) atoms. The predicted molar refractivity (Wildman–Crippen MR) is 61.1 cm³/mol. The van der Waals surface area contributed by atoms with Crippen LogP contribution in [0.2, 0.25) is 0 Å². The Balaban J connectivity index is 2.61. The van der Waals surface area contributed by atoms with Gasteiger partial charge in [-0.05, 0) is 13.3 Å². The quantitative estimate of drug-likeness (QED) is 0.588. The van der Waals surface area contributed by atoms with E-state index in [-0.39, 0.29) is 0 Å². The van der Waals surface area contributed by atoms with Crippen LogP contribution in [0.4, 0.5) is 5.82 Å². The molecule has 0 bridgehead atoms. The number of hydrogen-bond acceptors (Lipinski definition) is 5. The summed E-state index contributed by atoms with van der Waals surface area (Å²) >= 11 is 0. The number of nitrogens with zero attached hydrogens (tertiary/aromatic N) is 4. The van der Waals surface area contributed by atoms with Gasteiger partial charge in [0.1, 0.15) is 23.8 Å². The number of nitrogen functional groups attached to an aromatic ring is 1. The van der Waals surface area contributed by atoms with Crippen LogP contribution in [0.25, 0.3) is 5.82 Å². The molecule has 2 aromatic rings. The number of rotatable bonds is 3. The Morgan fingerprint density at radius 2 is 2.19 bits per heavy atom. The number of anilines is 1. The Kier molecular flexibility index (Phi) is 2.82. The smallest absolute Gasteiger partial charge is 0.148 e. The van der Waals surface area contributed by atoms with Crippen molar-refractivity contribution in [3.63, 3.8) is 0 Å². The van der Waals surface area contributed by atoms with Gasteiger partial charge in [-0.1, -0.05) is 6.92 Å². The van der Waals surface area contributed by atoms with Gasteiger partial charge in [-0.2, -0.15) is 0 Å². The highest BCUT2D eigenvalue weighted by atomic mass is 15.3. The molecule has 6 heteroatoms. The second kappa shape index (κ2) is 4.28. The van der Waals surface area contributed by atoms with Gasteiger partial charge in [-0.15, -0.1) is 0 Å². The molecule has 0 saturated carbocycles. The van der Waals surface area contributed by atoms with Crippen molar-refractivity contribution >= 4 is 5.82 Å². The molecule has 0 saturated heterocycles. The molecule has 84 valence electrons. The zero-order valence-electron chi connectivity index (χ0n) is 9.31. The van der Waals surface area contributed by atoms with Gasteiger partial charge in [-0.25, -0.2) is 20.8 Å². The lowest BCUT2D eigenvalue weighted by atomic mass is 10.2. The van der Waals surface area contributed by atoms with Gasteiger partial charge in [0, 0.05) is 18.0 Å². The van der Waals surface area contributed by atoms with Gasteiger partial charge in [0.2, 0.25) is 0 Å². The maximum atomic E-state index is 5.42. The summed E-state index contributed by atoms with van der Waals surface area (Å²) in [6.07, 6.45) is 5.90. The lowest BCUT2D eigenvalue weighted by Gasteiger charge is -2.12. The van der Waals surface area contributed by atoms with Crippen molar-refractivity contribution in [2.24, 2.45) is 5.84 Å². The molecule has 0 unspecified atom stereocenters. The van der Waals surface area contributed by atoms with Crippen molar-refractivity contribution in [2.75, 3.05) is 5.43 Å². The van der Waals surface area contributed by atoms with Crippen LogP contribution in [0.1, 0.15) is 18.3 Å². The summed E-state index contributed by atoms with van der Waals surface area (Å²) in [5, 5.41) is 0. The van der Waals surface area contributed by atoms with Crippen LogP contribution < -0.4 is 11.3 Å². The first-order valence-electron chi connectivity index (χ1n) is 5.08. The first-order chi connectivity index (χ1) is 7.77. The van der Waals surface area contributed by atoms with E-state index in [0.717, 1.165) is 23.6 Å². The van der Waals surface area contributed by atoms with Gasteiger partial charge in [-0.3, -0.25) is 4.57 Å². The fraction of sp³-hybridized carbons (Fsp3) is 0.300. The summed E-state index contributed by atoms with van der Waals surface area (Å²) in [6.45, 7) is 3.96. The zero-order valence-corrected chi connectivity index (χ0v) is 9.31. The highest BCUT2D eigenvalue weighted by Gasteiger charge is 2.11. The lowest BCUT2D eigenvalue weighted by Crippen LogP contribution is -2.14. The molecule has 0 spiro atoms. The molecule has 2 aromatic heterocycles. The van der Waals surface area contributed by atoms with E-state index >= 15 is 0 Å². The molecule has 2 heterocycles. The number of nitrogens with one attached hydrogen (secondary N) is 1. The SMILES string of the molecule is CCc1c(NN)ncnc1-n1ccnc1C. The fourth-order valence-corrected chi connectivity index (χ4v) is 1.66. The third-order valence-electron chi connectivity index (χ3n) is 2.47. The second-order valence-electron chi connectivity index (χ2n) is 3.37. The van der Waals surface area contributed by atoms with E-state index in [1.165, 1.54) is 6.33 Å². The first-order valence-corrected chi connectivity index (χ1v) is 5.08. The highest BCUT2D eigenvalue weighted by Crippen LogP contribution is 2.19. The Labute approximate surface area is 93.5 Å². The second-order valence-corrected chi connectivity index (χ2v) is 3.37. The van der Waals surface area contributed by atoms with E-state index in [9.17, 15) is 0 Å². The number of hydrazine groups is 1. The molecule has 6 nitrogen and oxygen atoms in total. The molecule has 0 aromatic carbocycles. The largest absolute Gasteiger partial charge is 0.308 e. The molecule has 0 radical (unpaired) electrons. The predicted octanol–water partition coefficient (Wildman–Crippen LogP) is 0.819. The molecule has 0 amide bonds. The summed E-state index contributed by atoms with van der Waals surface area (Å²) < 4.78 is 1.92. The third-order valence-corrected chi connectivity index (χ3v) is 2.47. The van der Waals surface area contributed by atoms with Gasteiger partial charge in [0.25, 0.3) is 0 Å². The summed E-state index contributed by atoms with van der Waals surface area (Å²) in [5.74, 6) is 7.78. The minimum atomic E-state index is 0.653. The molecule has 2 rings (SSSR count). The minimum Gasteiger partial charge on any atom is -0.308 e. The van der Waals surface area contributed by atoms with Crippen LogP contribution in [0.5, 0.6) is 0 Å². The van der Waals surface area contributed by atoms with Crippen molar-refractivity contribution in [1.29, 1.82) is 0 Å². The fourth-order valence-electron chi connectivity index (χ4n) is 1.66. The number of hydrogen-bond donors (Lipinski definition) is 2. The molecule has 0 aliphatic rings. The van der Waals surface area contributed by atoms with Crippen LogP contribution in [-0.2, 0) is 6.42 Å². The summed E-state index contributed by atoms with van der Waals surface area (Å²) in [4.78, 5) is 12.5. The first kappa shape index (κ1) is 10.6. The van der Waals surface area contributed by atoms with E-state index in [4.69, 9.17) is 5.84 Å². The van der Waals surface area contributed by atoms with Crippen LogP contribution in [0.15, 0.2) is 18.7 Å². The summed E-state index contributed by atoms with van der Waals surface area (Å²) in [7, 11) is 0. The van der Waals surface area contributed by atoms with E-state index in [0.29, 0.717) is 5.82 Å². The molecule has 0 aliphatic heterocycles. The number of aryl methyl sites for hydroxylation is 1. The number of nitrogens with two attached hydrogens (primary N) is 1. The normalized spacial score (nSPS) is 10.4. The van der Waals surface area contributed by atoms with Crippen LogP contribution in [0, 0.1) is 6.92 Å². The Bertz CT molecular complexity index is 490. The van der Waals surface area contributed by atoms with Gasteiger partial charge in [0.15, 0.2) is 0 Å².